The zero-order valence-electron chi connectivity index (χ0n) is 13.8. The lowest BCUT2D eigenvalue weighted by Gasteiger charge is -2.12. The monoisotopic (exact) mass is 388 g/mol. The van der Waals surface area contributed by atoms with Crippen LogP contribution in [0.4, 0.5) is 15.8 Å². The van der Waals surface area contributed by atoms with Crippen LogP contribution in [0.25, 0.3) is 0 Å². The molecular weight excluding hydrogens is 374 g/mol. The minimum Gasteiger partial charge on any atom is -0.410 e. The molecule has 0 unspecified atom stereocenters. The molecule has 0 radical (unpaired) electrons. The third-order valence-corrected chi connectivity index (χ3v) is 4.55. The molecule has 3 nitrogen and oxygen atoms in total. The molecule has 0 bridgehead atoms. The first kappa shape index (κ1) is 18.2. The second-order valence-corrected chi connectivity index (χ2v) is 6.53. The molecule has 0 aliphatic rings. The first-order valence-electron chi connectivity index (χ1n) is 7.79. The van der Waals surface area contributed by atoms with Crippen molar-refractivity contribution in [1.29, 1.82) is 0 Å². The third-order valence-electron chi connectivity index (χ3n) is 3.93. The van der Waals surface area contributed by atoms with Crippen LogP contribution in [0.3, 0.4) is 0 Å². The van der Waals surface area contributed by atoms with E-state index in [4.69, 9.17) is 23.2 Å². The van der Waals surface area contributed by atoms with E-state index in [1.165, 1.54) is 12.1 Å². The van der Waals surface area contributed by atoms with Crippen LogP contribution in [0.5, 0.6) is 0 Å². The van der Waals surface area contributed by atoms with E-state index in [1.54, 1.807) is 24.3 Å². The normalized spacial score (nSPS) is 11.5. The first-order chi connectivity index (χ1) is 12.5. The van der Waals surface area contributed by atoms with Gasteiger partial charge in [-0.3, -0.25) is 0 Å². The van der Waals surface area contributed by atoms with Crippen LogP contribution >= 0.6 is 23.2 Å². The first-order valence-corrected chi connectivity index (χ1v) is 8.55. The number of anilines is 2. The quantitative estimate of drug-likeness (QED) is 0.308. The number of halogens is 3. The van der Waals surface area contributed by atoms with Crippen LogP contribution in [0.2, 0.25) is 10.0 Å². The number of hydrogen-bond donors (Lipinski definition) is 2. The summed E-state index contributed by atoms with van der Waals surface area (Å²) in [4.78, 5) is 0. The van der Waals surface area contributed by atoms with E-state index < -0.39 is 5.82 Å². The van der Waals surface area contributed by atoms with Gasteiger partial charge >= 0.3 is 0 Å². The molecule has 0 heterocycles. The highest BCUT2D eigenvalue weighted by Crippen LogP contribution is 2.28. The van der Waals surface area contributed by atoms with Gasteiger partial charge in [0.1, 0.15) is 11.5 Å². The Bertz CT molecular complexity index is 989. The van der Waals surface area contributed by atoms with Crippen molar-refractivity contribution in [3.63, 3.8) is 0 Å². The summed E-state index contributed by atoms with van der Waals surface area (Å²) in [7, 11) is 0. The van der Waals surface area contributed by atoms with Crippen LogP contribution in [0.15, 0.2) is 65.8 Å². The second kappa shape index (κ2) is 7.77. The molecule has 132 valence electrons. The SMILES string of the molecule is Cc1ccccc1C(=NO)c1ccc(Nc2ccc(Cl)c(F)c2)cc1Cl. The minimum atomic E-state index is -0.506. The van der Waals surface area contributed by atoms with E-state index >= 15 is 0 Å². The maximum Gasteiger partial charge on any atom is 0.143 e. The molecule has 3 aromatic rings. The molecule has 0 atom stereocenters. The summed E-state index contributed by atoms with van der Waals surface area (Å²) in [6, 6.07) is 17.2. The fourth-order valence-corrected chi connectivity index (χ4v) is 3.00. The van der Waals surface area contributed by atoms with Gasteiger partial charge in [0.15, 0.2) is 0 Å². The Hall–Kier alpha value is -2.56. The van der Waals surface area contributed by atoms with Gasteiger partial charge in [-0.25, -0.2) is 4.39 Å². The van der Waals surface area contributed by atoms with Crippen LogP contribution in [-0.4, -0.2) is 10.9 Å². The summed E-state index contributed by atoms with van der Waals surface area (Å²) in [6.45, 7) is 1.93. The molecule has 0 saturated carbocycles. The lowest BCUT2D eigenvalue weighted by Crippen LogP contribution is -2.06. The summed E-state index contributed by atoms with van der Waals surface area (Å²) in [6.07, 6.45) is 0. The zero-order chi connectivity index (χ0) is 18.7. The molecule has 0 saturated heterocycles. The Kier molecular flexibility index (Phi) is 5.45. The number of hydrogen-bond acceptors (Lipinski definition) is 3. The van der Waals surface area contributed by atoms with Crippen LogP contribution in [0.1, 0.15) is 16.7 Å². The minimum absolute atomic E-state index is 0.0611. The average molecular weight is 389 g/mol. The van der Waals surface area contributed by atoms with E-state index in [2.05, 4.69) is 10.5 Å². The maximum atomic E-state index is 13.6. The summed E-state index contributed by atoms with van der Waals surface area (Å²) in [5.41, 5.74) is 3.95. The van der Waals surface area contributed by atoms with Crippen molar-refractivity contribution < 1.29 is 9.60 Å². The Labute approximate surface area is 160 Å². The highest BCUT2D eigenvalue weighted by Gasteiger charge is 2.14. The zero-order valence-corrected chi connectivity index (χ0v) is 15.3. The molecule has 0 fully saturated rings. The number of benzene rings is 3. The Morgan fingerprint density at radius 1 is 0.923 bits per heavy atom. The average Bonchev–Trinajstić information content (AvgIpc) is 2.62. The lowest BCUT2D eigenvalue weighted by atomic mass is 9.98. The van der Waals surface area contributed by atoms with Gasteiger partial charge in [-0.15, -0.1) is 0 Å². The Balaban J connectivity index is 1.92. The van der Waals surface area contributed by atoms with Crippen molar-refractivity contribution >= 4 is 40.3 Å². The molecular formula is C20H15Cl2FN2O. The van der Waals surface area contributed by atoms with Gasteiger partial charge in [-0.1, -0.05) is 52.6 Å². The summed E-state index contributed by atoms with van der Waals surface area (Å²) in [5.74, 6) is -0.506. The number of nitrogens with one attached hydrogen (secondary N) is 1. The molecule has 26 heavy (non-hydrogen) atoms. The van der Waals surface area contributed by atoms with E-state index in [9.17, 15) is 9.60 Å². The van der Waals surface area contributed by atoms with Gasteiger partial charge in [0, 0.05) is 22.5 Å². The van der Waals surface area contributed by atoms with Crippen molar-refractivity contribution in [3.8, 4) is 0 Å². The van der Waals surface area contributed by atoms with E-state index in [0.717, 1.165) is 11.1 Å². The van der Waals surface area contributed by atoms with E-state index in [1.807, 2.05) is 31.2 Å². The molecule has 0 aromatic heterocycles. The van der Waals surface area contributed by atoms with Gasteiger partial charge in [-0.05, 0) is 48.9 Å². The topological polar surface area (TPSA) is 44.6 Å². The summed E-state index contributed by atoms with van der Waals surface area (Å²) < 4.78 is 13.6. The molecule has 6 heteroatoms. The van der Waals surface area contributed by atoms with Crippen molar-refractivity contribution in [2.24, 2.45) is 5.16 Å². The maximum absolute atomic E-state index is 13.6. The molecule has 0 spiro atoms. The summed E-state index contributed by atoms with van der Waals surface area (Å²) in [5, 5.41) is 16.5. The van der Waals surface area contributed by atoms with E-state index in [0.29, 0.717) is 27.7 Å². The lowest BCUT2D eigenvalue weighted by molar-refractivity contribution is 0.319. The fourth-order valence-electron chi connectivity index (χ4n) is 2.62. The van der Waals surface area contributed by atoms with Crippen LogP contribution in [-0.2, 0) is 0 Å². The van der Waals surface area contributed by atoms with Gasteiger partial charge in [0.05, 0.1) is 10.0 Å². The molecule has 2 N–H and O–H groups in total. The van der Waals surface area contributed by atoms with Gasteiger partial charge in [0.2, 0.25) is 0 Å². The van der Waals surface area contributed by atoms with Crippen molar-refractivity contribution in [1.82, 2.24) is 0 Å². The molecule has 0 amide bonds. The number of rotatable bonds is 4. The highest BCUT2D eigenvalue weighted by atomic mass is 35.5. The largest absolute Gasteiger partial charge is 0.410 e. The Morgan fingerprint density at radius 2 is 1.62 bits per heavy atom. The Morgan fingerprint density at radius 3 is 2.27 bits per heavy atom. The van der Waals surface area contributed by atoms with Crippen LogP contribution < -0.4 is 5.32 Å². The molecule has 0 aliphatic carbocycles. The number of oxime groups is 1. The predicted molar refractivity (Wildman–Crippen MR) is 105 cm³/mol. The van der Waals surface area contributed by atoms with E-state index in [-0.39, 0.29) is 5.02 Å². The van der Waals surface area contributed by atoms with Crippen molar-refractivity contribution in [2.75, 3.05) is 5.32 Å². The van der Waals surface area contributed by atoms with Gasteiger partial charge < -0.3 is 10.5 Å². The highest BCUT2D eigenvalue weighted by molar-refractivity contribution is 6.35. The number of aryl methyl sites for hydroxylation is 1. The predicted octanol–water partition coefficient (Wildman–Crippen LogP) is 6.41. The molecule has 3 aromatic carbocycles. The third kappa shape index (κ3) is 3.82. The fraction of sp³-hybridized carbons (Fsp3) is 0.0500. The molecule has 3 rings (SSSR count). The standard InChI is InChI=1S/C20H15Cl2FN2O/c1-12-4-2-3-5-15(12)20(25-26)16-8-6-13(10-18(16)22)24-14-7-9-17(21)19(23)11-14/h2-11,24,26H,1H3. The smallest absolute Gasteiger partial charge is 0.143 e. The molecule has 0 aliphatic heterocycles. The van der Waals surface area contributed by atoms with Crippen molar-refractivity contribution in [2.45, 2.75) is 6.92 Å². The van der Waals surface area contributed by atoms with Gasteiger partial charge in [0.25, 0.3) is 0 Å². The van der Waals surface area contributed by atoms with Gasteiger partial charge in [-0.2, -0.15) is 0 Å². The number of nitrogens with zero attached hydrogens (tertiary/aromatic N) is 1. The van der Waals surface area contributed by atoms with Crippen molar-refractivity contribution in [3.05, 3.63) is 93.2 Å². The second-order valence-electron chi connectivity index (χ2n) is 5.71. The van der Waals surface area contributed by atoms with Crippen LogP contribution in [0, 0.1) is 12.7 Å². The summed E-state index contributed by atoms with van der Waals surface area (Å²) >= 11 is 12.1.